The molecule has 0 aliphatic rings. The van der Waals surface area contributed by atoms with E-state index in [0.717, 1.165) is 5.69 Å². The minimum absolute atomic E-state index is 0. The highest BCUT2D eigenvalue weighted by atomic mass is 127. The number of guanidine groups is 1. The predicted molar refractivity (Wildman–Crippen MR) is 117 cm³/mol. The number of hydrogen-bond acceptors (Lipinski definition) is 5. The van der Waals surface area contributed by atoms with Crippen molar-refractivity contribution in [1.82, 2.24) is 9.62 Å². The number of sulfonamides is 1. The second-order valence-electron chi connectivity index (χ2n) is 5.30. The Hall–Kier alpha value is -1.27. The highest BCUT2D eigenvalue weighted by molar-refractivity contribution is 14.0. The molecule has 150 valence electrons. The summed E-state index contributed by atoms with van der Waals surface area (Å²) >= 11 is 0. The highest BCUT2D eigenvalue weighted by Gasteiger charge is 2.13. The van der Waals surface area contributed by atoms with E-state index in [9.17, 15) is 8.42 Å². The molecule has 8 nitrogen and oxygen atoms in total. The average molecular weight is 500 g/mol. The molecule has 0 amide bonds. The van der Waals surface area contributed by atoms with Gasteiger partial charge in [-0.3, -0.25) is 4.99 Å². The van der Waals surface area contributed by atoms with E-state index in [1.54, 1.807) is 27.3 Å². The second kappa shape index (κ2) is 12.2. The lowest BCUT2D eigenvalue weighted by Crippen LogP contribution is -2.35. The van der Waals surface area contributed by atoms with Gasteiger partial charge in [0.15, 0.2) is 17.5 Å². The summed E-state index contributed by atoms with van der Waals surface area (Å²) in [5, 5.41) is 6.32. The van der Waals surface area contributed by atoms with Crippen LogP contribution in [0.4, 0.5) is 5.69 Å². The first-order valence-corrected chi connectivity index (χ1v) is 9.85. The zero-order chi connectivity index (χ0) is 18.9. The predicted octanol–water partition coefficient (Wildman–Crippen LogP) is 1.98. The number of hydrogen-bond donors (Lipinski definition) is 2. The molecule has 0 aliphatic heterocycles. The molecule has 0 aliphatic carbocycles. The number of nitrogens with one attached hydrogen (secondary N) is 2. The van der Waals surface area contributed by atoms with Gasteiger partial charge in [-0.15, -0.1) is 24.0 Å². The molecule has 0 spiro atoms. The van der Waals surface area contributed by atoms with Gasteiger partial charge in [0.25, 0.3) is 0 Å². The molecule has 0 aromatic heterocycles. The van der Waals surface area contributed by atoms with E-state index in [1.807, 2.05) is 19.1 Å². The minimum atomic E-state index is -3.15. The van der Waals surface area contributed by atoms with E-state index in [0.29, 0.717) is 43.5 Å². The minimum Gasteiger partial charge on any atom is -0.493 e. The molecular weight excluding hydrogens is 471 g/mol. The Labute approximate surface area is 173 Å². The lowest BCUT2D eigenvalue weighted by molar-refractivity contribution is 0.355. The molecule has 0 heterocycles. The number of rotatable bonds is 9. The Morgan fingerprint density at radius 3 is 2.38 bits per heavy atom. The van der Waals surface area contributed by atoms with Crippen LogP contribution < -0.4 is 20.1 Å². The van der Waals surface area contributed by atoms with Crippen molar-refractivity contribution in [3.63, 3.8) is 0 Å². The fourth-order valence-corrected chi connectivity index (χ4v) is 3.18. The smallest absolute Gasteiger partial charge is 0.211 e. The molecule has 0 atom stereocenters. The van der Waals surface area contributed by atoms with E-state index in [-0.39, 0.29) is 24.0 Å². The van der Waals surface area contributed by atoms with Crippen molar-refractivity contribution in [2.45, 2.75) is 13.3 Å². The molecule has 0 fully saturated rings. The van der Waals surface area contributed by atoms with Gasteiger partial charge in [0.05, 0.1) is 20.5 Å². The maximum absolute atomic E-state index is 11.5. The number of halogens is 1. The summed E-state index contributed by atoms with van der Waals surface area (Å²) in [4.78, 5) is 4.16. The zero-order valence-electron chi connectivity index (χ0n) is 15.9. The molecule has 26 heavy (non-hydrogen) atoms. The van der Waals surface area contributed by atoms with Gasteiger partial charge in [-0.05, 0) is 18.6 Å². The Morgan fingerprint density at radius 1 is 1.23 bits per heavy atom. The van der Waals surface area contributed by atoms with Gasteiger partial charge in [0.1, 0.15) is 0 Å². The van der Waals surface area contributed by atoms with Gasteiger partial charge in [-0.2, -0.15) is 0 Å². The van der Waals surface area contributed by atoms with Crippen LogP contribution in [0.2, 0.25) is 0 Å². The normalized spacial score (nSPS) is 11.7. The summed E-state index contributed by atoms with van der Waals surface area (Å²) in [6, 6.07) is 5.48. The van der Waals surface area contributed by atoms with E-state index < -0.39 is 10.0 Å². The van der Waals surface area contributed by atoms with Gasteiger partial charge in [0.2, 0.25) is 10.0 Å². The molecule has 0 bridgehead atoms. The fraction of sp³-hybridized carbons (Fsp3) is 0.562. The standard InChI is InChI=1S/C16H28N4O4S.HI/c1-6-20(25(5,21)22)11-7-10-18-16(17-2)19-13-8-9-14(23-3)15(12-13)24-4;/h8-9,12H,6-7,10-11H2,1-5H3,(H2,17,18,19);1H. The average Bonchev–Trinajstić information content (AvgIpc) is 2.59. The lowest BCUT2D eigenvalue weighted by Gasteiger charge is -2.18. The zero-order valence-corrected chi connectivity index (χ0v) is 19.1. The summed E-state index contributed by atoms with van der Waals surface area (Å²) in [5.74, 6) is 1.86. The number of methoxy groups -OCH3 is 2. The quantitative estimate of drug-likeness (QED) is 0.233. The molecule has 10 heteroatoms. The van der Waals surface area contributed by atoms with Crippen LogP contribution in [0.25, 0.3) is 0 Å². The van der Waals surface area contributed by atoms with E-state index in [2.05, 4.69) is 15.6 Å². The number of benzene rings is 1. The molecule has 1 aromatic carbocycles. The molecule has 0 saturated carbocycles. The maximum Gasteiger partial charge on any atom is 0.211 e. The van der Waals surface area contributed by atoms with E-state index >= 15 is 0 Å². The van der Waals surface area contributed by atoms with Crippen LogP contribution in [-0.4, -0.2) is 65.8 Å². The monoisotopic (exact) mass is 500 g/mol. The first-order valence-electron chi connectivity index (χ1n) is 8.00. The van der Waals surface area contributed by atoms with Gasteiger partial charge in [0, 0.05) is 38.4 Å². The molecule has 1 aromatic rings. The molecule has 2 N–H and O–H groups in total. The summed E-state index contributed by atoms with van der Waals surface area (Å²) in [6.45, 7) is 3.36. The van der Waals surface area contributed by atoms with Crippen LogP contribution >= 0.6 is 24.0 Å². The van der Waals surface area contributed by atoms with Crippen molar-refractivity contribution in [2.75, 3.05) is 52.5 Å². The summed E-state index contributed by atoms with van der Waals surface area (Å²) in [6.07, 6.45) is 1.90. The largest absolute Gasteiger partial charge is 0.493 e. The lowest BCUT2D eigenvalue weighted by atomic mass is 10.2. The van der Waals surface area contributed by atoms with Crippen molar-refractivity contribution in [3.05, 3.63) is 18.2 Å². The number of nitrogens with zero attached hydrogens (tertiary/aromatic N) is 2. The Balaban J connectivity index is 0.00000625. The first kappa shape index (κ1) is 24.7. The van der Waals surface area contributed by atoms with Crippen LogP contribution in [-0.2, 0) is 10.0 Å². The van der Waals surface area contributed by atoms with Gasteiger partial charge in [-0.1, -0.05) is 6.92 Å². The first-order chi connectivity index (χ1) is 11.8. The highest BCUT2D eigenvalue weighted by Crippen LogP contribution is 2.29. The van der Waals surface area contributed by atoms with Crippen LogP contribution in [0.15, 0.2) is 23.2 Å². The summed E-state index contributed by atoms with van der Waals surface area (Å²) < 4.78 is 35.0. The third-order valence-electron chi connectivity index (χ3n) is 3.57. The van der Waals surface area contributed by atoms with Gasteiger partial charge >= 0.3 is 0 Å². The molecule has 1 rings (SSSR count). The van der Waals surface area contributed by atoms with Crippen molar-refractivity contribution >= 4 is 45.6 Å². The van der Waals surface area contributed by atoms with E-state index in [1.165, 1.54) is 10.6 Å². The van der Waals surface area contributed by atoms with Crippen LogP contribution in [0.5, 0.6) is 11.5 Å². The second-order valence-corrected chi connectivity index (χ2v) is 7.28. The Bertz CT molecular complexity index is 683. The topological polar surface area (TPSA) is 92.3 Å². The number of aliphatic imine (C=N–C) groups is 1. The van der Waals surface area contributed by atoms with Crippen LogP contribution in [0, 0.1) is 0 Å². The Morgan fingerprint density at radius 2 is 1.88 bits per heavy atom. The maximum atomic E-state index is 11.5. The Kier molecular flexibility index (Phi) is 11.6. The fourth-order valence-electron chi connectivity index (χ4n) is 2.25. The van der Waals surface area contributed by atoms with Gasteiger partial charge in [-0.25, -0.2) is 12.7 Å². The van der Waals surface area contributed by atoms with Gasteiger partial charge < -0.3 is 20.1 Å². The van der Waals surface area contributed by atoms with Crippen molar-refractivity contribution in [1.29, 1.82) is 0 Å². The third kappa shape index (κ3) is 7.96. The molecular formula is C16H29IN4O4S. The van der Waals surface area contributed by atoms with Crippen molar-refractivity contribution < 1.29 is 17.9 Å². The molecule has 0 radical (unpaired) electrons. The van der Waals surface area contributed by atoms with Crippen LogP contribution in [0.1, 0.15) is 13.3 Å². The summed E-state index contributed by atoms with van der Waals surface area (Å²) in [5.41, 5.74) is 0.803. The SMILES string of the molecule is CCN(CCCNC(=NC)Nc1ccc(OC)c(OC)c1)S(C)(=O)=O.I. The molecule has 0 unspecified atom stereocenters. The summed E-state index contributed by atoms with van der Waals surface area (Å²) in [7, 11) is 1.69. The molecule has 0 saturated heterocycles. The van der Waals surface area contributed by atoms with Crippen molar-refractivity contribution in [2.24, 2.45) is 4.99 Å². The van der Waals surface area contributed by atoms with E-state index in [4.69, 9.17) is 9.47 Å². The number of ether oxygens (including phenoxy) is 2. The third-order valence-corrected chi connectivity index (χ3v) is 4.95. The number of anilines is 1. The van der Waals surface area contributed by atoms with Crippen LogP contribution in [0.3, 0.4) is 0 Å². The van der Waals surface area contributed by atoms with Crippen molar-refractivity contribution in [3.8, 4) is 11.5 Å².